The van der Waals surface area contributed by atoms with Gasteiger partial charge in [0.15, 0.2) is 0 Å². The summed E-state index contributed by atoms with van der Waals surface area (Å²) in [5.74, 6) is 1.69. The highest BCUT2D eigenvalue weighted by atomic mass is 15.2. The lowest BCUT2D eigenvalue weighted by Crippen LogP contribution is -2.40. The molecule has 0 radical (unpaired) electrons. The van der Waals surface area contributed by atoms with Crippen LogP contribution < -0.4 is 10.6 Å². The van der Waals surface area contributed by atoms with Gasteiger partial charge in [-0.3, -0.25) is 0 Å². The van der Waals surface area contributed by atoms with Crippen molar-refractivity contribution in [3.05, 3.63) is 24.3 Å². The Bertz CT molecular complexity index is 388. The van der Waals surface area contributed by atoms with E-state index >= 15 is 0 Å². The van der Waals surface area contributed by atoms with Crippen LogP contribution in [-0.2, 0) is 0 Å². The third-order valence-corrected chi connectivity index (χ3v) is 4.60. The predicted octanol–water partition coefficient (Wildman–Crippen LogP) is 3.92. The molecule has 2 nitrogen and oxygen atoms in total. The van der Waals surface area contributed by atoms with Crippen LogP contribution in [0.25, 0.3) is 0 Å². The summed E-state index contributed by atoms with van der Waals surface area (Å²) >= 11 is 0. The summed E-state index contributed by atoms with van der Waals surface area (Å²) < 4.78 is 0. The van der Waals surface area contributed by atoms with E-state index in [1.165, 1.54) is 24.9 Å². The summed E-state index contributed by atoms with van der Waals surface area (Å²) in [5.41, 5.74) is 8.25. The fourth-order valence-electron chi connectivity index (χ4n) is 3.18. The highest BCUT2D eigenvalue weighted by Gasteiger charge is 2.28. The Morgan fingerprint density at radius 2 is 1.89 bits per heavy atom. The lowest BCUT2D eigenvalue weighted by Gasteiger charge is -2.40. The van der Waals surface area contributed by atoms with E-state index in [1.807, 2.05) is 12.1 Å². The largest absolute Gasteiger partial charge is 0.397 e. The zero-order valence-corrected chi connectivity index (χ0v) is 11.9. The first-order valence-electron chi connectivity index (χ1n) is 7.24. The molecule has 0 saturated heterocycles. The molecule has 0 amide bonds. The minimum absolute atomic E-state index is 0.658. The molecule has 3 unspecified atom stereocenters. The van der Waals surface area contributed by atoms with E-state index in [-0.39, 0.29) is 0 Å². The summed E-state index contributed by atoms with van der Waals surface area (Å²) in [7, 11) is 0. The number of para-hydroxylation sites is 2. The lowest BCUT2D eigenvalue weighted by molar-refractivity contribution is 0.244. The van der Waals surface area contributed by atoms with Crippen LogP contribution in [0.5, 0.6) is 0 Å². The van der Waals surface area contributed by atoms with Gasteiger partial charge in [0.05, 0.1) is 11.4 Å². The van der Waals surface area contributed by atoms with E-state index in [2.05, 4.69) is 37.8 Å². The third-order valence-electron chi connectivity index (χ3n) is 4.60. The summed E-state index contributed by atoms with van der Waals surface area (Å²) in [6, 6.07) is 8.92. The van der Waals surface area contributed by atoms with Crippen LogP contribution in [0, 0.1) is 11.8 Å². The third kappa shape index (κ3) is 2.63. The first-order chi connectivity index (χ1) is 8.63. The molecular formula is C16H26N2. The first kappa shape index (κ1) is 13.3. The van der Waals surface area contributed by atoms with Gasteiger partial charge in [-0.15, -0.1) is 0 Å². The molecular weight excluding hydrogens is 220 g/mol. The number of nitrogen functional groups attached to an aromatic ring is 1. The number of anilines is 2. The first-order valence-corrected chi connectivity index (χ1v) is 7.24. The fraction of sp³-hybridized carbons (Fsp3) is 0.625. The Labute approximate surface area is 111 Å². The van der Waals surface area contributed by atoms with Crippen LogP contribution in [0.15, 0.2) is 24.3 Å². The Morgan fingerprint density at radius 3 is 2.50 bits per heavy atom. The normalized spacial score (nSPS) is 28.1. The monoisotopic (exact) mass is 246 g/mol. The second kappa shape index (κ2) is 5.64. The van der Waals surface area contributed by atoms with Gasteiger partial charge in [0.1, 0.15) is 0 Å². The van der Waals surface area contributed by atoms with Gasteiger partial charge in [-0.2, -0.15) is 0 Å². The van der Waals surface area contributed by atoms with E-state index in [0.717, 1.165) is 24.1 Å². The van der Waals surface area contributed by atoms with Crippen LogP contribution in [0.2, 0.25) is 0 Å². The maximum atomic E-state index is 6.12. The molecule has 3 atom stereocenters. The van der Waals surface area contributed by atoms with Gasteiger partial charge in [-0.05, 0) is 50.2 Å². The second-order valence-electron chi connectivity index (χ2n) is 5.77. The number of rotatable bonds is 3. The molecule has 2 rings (SSSR count). The quantitative estimate of drug-likeness (QED) is 0.819. The highest BCUT2D eigenvalue weighted by Crippen LogP contribution is 2.35. The van der Waals surface area contributed by atoms with E-state index < -0.39 is 0 Å². The number of hydrogen-bond donors (Lipinski definition) is 1. The molecule has 0 heterocycles. The van der Waals surface area contributed by atoms with Crippen molar-refractivity contribution >= 4 is 11.4 Å². The standard InChI is InChI=1S/C16H26N2/c1-4-18(16-8-6-5-7-15(16)17)14-10-9-12(2)13(3)11-14/h5-8,12-14H,4,9-11,17H2,1-3H3. The van der Waals surface area contributed by atoms with Crippen LogP contribution in [-0.4, -0.2) is 12.6 Å². The molecule has 1 aromatic rings. The second-order valence-corrected chi connectivity index (χ2v) is 5.77. The summed E-state index contributed by atoms with van der Waals surface area (Å²) in [6.07, 6.45) is 3.94. The minimum atomic E-state index is 0.658. The molecule has 18 heavy (non-hydrogen) atoms. The molecule has 1 saturated carbocycles. The molecule has 1 fully saturated rings. The zero-order chi connectivity index (χ0) is 13.1. The van der Waals surface area contributed by atoms with Crippen LogP contribution in [0.1, 0.15) is 40.0 Å². The maximum absolute atomic E-state index is 6.12. The summed E-state index contributed by atoms with van der Waals surface area (Å²) in [6.45, 7) is 8.04. The summed E-state index contributed by atoms with van der Waals surface area (Å²) in [5, 5.41) is 0. The van der Waals surface area contributed by atoms with Crippen molar-refractivity contribution in [1.82, 2.24) is 0 Å². The average Bonchev–Trinajstić information content (AvgIpc) is 2.37. The average molecular weight is 246 g/mol. The topological polar surface area (TPSA) is 29.3 Å². The van der Waals surface area contributed by atoms with E-state index in [9.17, 15) is 0 Å². The van der Waals surface area contributed by atoms with Gasteiger partial charge in [0.2, 0.25) is 0 Å². The Balaban J connectivity index is 2.17. The Hall–Kier alpha value is -1.18. The maximum Gasteiger partial charge on any atom is 0.0602 e. The number of nitrogens with zero attached hydrogens (tertiary/aromatic N) is 1. The molecule has 1 aliphatic carbocycles. The molecule has 0 aliphatic heterocycles. The minimum Gasteiger partial charge on any atom is -0.397 e. The highest BCUT2D eigenvalue weighted by molar-refractivity contribution is 5.67. The molecule has 0 aromatic heterocycles. The van der Waals surface area contributed by atoms with Crippen molar-refractivity contribution < 1.29 is 0 Å². The molecule has 100 valence electrons. The molecule has 2 heteroatoms. The van der Waals surface area contributed by atoms with Crippen molar-refractivity contribution in [3.8, 4) is 0 Å². The van der Waals surface area contributed by atoms with Crippen molar-refractivity contribution in [2.24, 2.45) is 11.8 Å². The van der Waals surface area contributed by atoms with Gasteiger partial charge < -0.3 is 10.6 Å². The lowest BCUT2D eigenvalue weighted by atomic mass is 9.78. The molecule has 1 aromatic carbocycles. The van der Waals surface area contributed by atoms with Gasteiger partial charge in [0.25, 0.3) is 0 Å². The SMILES string of the molecule is CCN(c1ccccc1N)C1CCC(C)C(C)C1. The van der Waals surface area contributed by atoms with Gasteiger partial charge in [0, 0.05) is 12.6 Å². The van der Waals surface area contributed by atoms with Crippen LogP contribution in [0.3, 0.4) is 0 Å². The van der Waals surface area contributed by atoms with Gasteiger partial charge in [-0.1, -0.05) is 26.0 Å². The summed E-state index contributed by atoms with van der Waals surface area (Å²) in [4.78, 5) is 2.50. The number of benzene rings is 1. The molecule has 0 spiro atoms. The fourth-order valence-corrected chi connectivity index (χ4v) is 3.18. The Kier molecular flexibility index (Phi) is 4.15. The zero-order valence-electron chi connectivity index (χ0n) is 11.9. The number of hydrogen-bond acceptors (Lipinski definition) is 2. The Morgan fingerprint density at radius 1 is 1.17 bits per heavy atom. The molecule has 1 aliphatic rings. The van der Waals surface area contributed by atoms with Crippen molar-refractivity contribution in [2.75, 3.05) is 17.2 Å². The van der Waals surface area contributed by atoms with Crippen molar-refractivity contribution in [1.29, 1.82) is 0 Å². The van der Waals surface area contributed by atoms with Crippen molar-refractivity contribution in [3.63, 3.8) is 0 Å². The van der Waals surface area contributed by atoms with E-state index in [0.29, 0.717) is 6.04 Å². The van der Waals surface area contributed by atoms with Crippen LogP contribution >= 0.6 is 0 Å². The van der Waals surface area contributed by atoms with Gasteiger partial charge >= 0.3 is 0 Å². The van der Waals surface area contributed by atoms with E-state index in [4.69, 9.17) is 5.73 Å². The van der Waals surface area contributed by atoms with E-state index in [1.54, 1.807) is 0 Å². The number of nitrogens with two attached hydrogens (primary N) is 1. The van der Waals surface area contributed by atoms with Crippen LogP contribution in [0.4, 0.5) is 11.4 Å². The van der Waals surface area contributed by atoms with Gasteiger partial charge in [-0.25, -0.2) is 0 Å². The molecule has 0 bridgehead atoms. The smallest absolute Gasteiger partial charge is 0.0602 e. The van der Waals surface area contributed by atoms with Crippen molar-refractivity contribution in [2.45, 2.75) is 46.1 Å². The molecule has 2 N–H and O–H groups in total. The predicted molar refractivity (Wildman–Crippen MR) is 79.8 cm³/mol.